The first-order valence-electron chi connectivity index (χ1n) is 25.8. The van der Waals surface area contributed by atoms with E-state index in [9.17, 15) is 0 Å². The van der Waals surface area contributed by atoms with Crippen LogP contribution in [0.1, 0.15) is 77.8 Å². The lowest BCUT2D eigenvalue weighted by Gasteiger charge is -2.44. The number of rotatable bonds is 5. The van der Waals surface area contributed by atoms with Crippen molar-refractivity contribution in [2.24, 2.45) is 0 Å². The second-order valence-corrected chi connectivity index (χ2v) is 25.1. The first kappa shape index (κ1) is 44.6. The summed E-state index contributed by atoms with van der Waals surface area (Å²) in [5.74, 6) is 0. The lowest BCUT2D eigenvalue weighted by Crippen LogP contribution is -2.58. The highest BCUT2D eigenvalue weighted by Gasteiger charge is 2.50. The summed E-state index contributed by atoms with van der Waals surface area (Å²) in [5.41, 5.74) is 23.8. The van der Waals surface area contributed by atoms with Crippen molar-refractivity contribution in [2.75, 3.05) is 9.80 Å². The SMILES string of the molecule is CC(C)(C)c1ccc(N2c3cc4c(cc3B3c5c(cc(C(C)(C)C)cc52)-c2ccc(N(c5ccccc5)c5ccccc5)c5c6c(n3c25)C(C)(C)c2ccccc2-6)Sc2ccccc2S4)c(-c2ccccc2)c1. The molecule has 0 saturated carbocycles. The number of anilines is 6. The van der Waals surface area contributed by atoms with Crippen molar-refractivity contribution < 1.29 is 0 Å². The number of aromatic nitrogens is 1. The Morgan fingerprint density at radius 1 is 0.479 bits per heavy atom. The molecule has 0 saturated heterocycles. The van der Waals surface area contributed by atoms with E-state index >= 15 is 0 Å². The highest BCUT2D eigenvalue weighted by molar-refractivity contribution is 8.05. The van der Waals surface area contributed by atoms with Crippen LogP contribution in [0.5, 0.6) is 0 Å². The van der Waals surface area contributed by atoms with Crippen LogP contribution in [-0.4, -0.2) is 11.3 Å². The van der Waals surface area contributed by atoms with Gasteiger partial charge >= 0.3 is 6.85 Å². The Labute approximate surface area is 439 Å². The second-order valence-electron chi connectivity index (χ2n) is 22.9. The van der Waals surface area contributed by atoms with Gasteiger partial charge in [0.05, 0.1) is 11.4 Å². The largest absolute Gasteiger partial charge is 0.378 e. The first-order valence-corrected chi connectivity index (χ1v) is 27.4. The summed E-state index contributed by atoms with van der Waals surface area (Å²) in [6, 6.07) is 73.7. The monoisotopic (exact) mass is 977 g/mol. The molecule has 3 aliphatic heterocycles. The zero-order valence-electron chi connectivity index (χ0n) is 42.7. The molecule has 73 heavy (non-hydrogen) atoms. The van der Waals surface area contributed by atoms with Crippen LogP contribution in [0.25, 0.3) is 44.3 Å². The third-order valence-corrected chi connectivity index (χ3v) is 18.6. The molecular formula is C67H56BN3S2. The molecule has 0 unspecified atom stereocenters. The van der Waals surface area contributed by atoms with E-state index in [0.29, 0.717) is 0 Å². The third kappa shape index (κ3) is 6.62. The third-order valence-electron chi connectivity index (χ3n) is 16.0. The van der Waals surface area contributed by atoms with E-state index in [1.807, 2.05) is 23.5 Å². The first-order chi connectivity index (χ1) is 35.3. The number of fused-ring (bicyclic) bond motifs is 11. The molecule has 9 aromatic carbocycles. The van der Waals surface area contributed by atoms with Crippen LogP contribution in [0.3, 0.4) is 0 Å². The minimum atomic E-state index is -0.314. The minimum absolute atomic E-state index is 0.0394. The van der Waals surface area contributed by atoms with Crippen LogP contribution in [0.2, 0.25) is 0 Å². The van der Waals surface area contributed by atoms with Gasteiger partial charge in [-0.1, -0.05) is 200 Å². The van der Waals surface area contributed by atoms with Gasteiger partial charge in [-0.3, -0.25) is 0 Å². The Balaban J connectivity index is 1.15. The highest BCUT2D eigenvalue weighted by atomic mass is 32.2. The van der Waals surface area contributed by atoms with Crippen LogP contribution in [0.4, 0.5) is 34.1 Å². The Kier molecular flexibility index (Phi) is 9.73. The molecule has 354 valence electrons. The van der Waals surface area contributed by atoms with Gasteiger partial charge in [0.2, 0.25) is 0 Å². The van der Waals surface area contributed by atoms with E-state index in [1.165, 1.54) is 120 Å². The van der Waals surface area contributed by atoms with Crippen molar-refractivity contribution in [1.82, 2.24) is 4.48 Å². The molecule has 3 nitrogen and oxygen atoms in total. The smallest absolute Gasteiger partial charge is 0.332 e. The van der Waals surface area contributed by atoms with Gasteiger partial charge in [0.1, 0.15) is 0 Å². The maximum Gasteiger partial charge on any atom is 0.332 e. The fourth-order valence-corrected chi connectivity index (χ4v) is 14.8. The Bertz CT molecular complexity index is 3880. The molecule has 14 rings (SSSR count). The molecule has 4 heterocycles. The fourth-order valence-electron chi connectivity index (χ4n) is 12.5. The lowest BCUT2D eigenvalue weighted by atomic mass is 9.44. The molecule has 0 N–H and O–H groups in total. The summed E-state index contributed by atoms with van der Waals surface area (Å²) in [6.45, 7) is 18.9. The van der Waals surface area contributed by atoms with Gasteiger partial charge in [0.15, 0.2) is 0 Å². The van der Waals surface area contributed by atoms with Gasteiger partial charge in [-0.05, 0) is 128 Å². The van der Waals surface area contributed by atoms with Crippen LogP contribution >= 0.6 is 23.5 Å². The van der Waals surface area contributed by atoms with E-state index in [4.69, 9.17) is 0 Å². The van der Waals surface area contributed by atoms with Crippen LogP contribution < -0.4 is 20.7 Å². The van der Waals surface area contributed by atoms with Gasteiger partial charge in [-0.25, -0.2) is 0 Å². The van der Waals surface area contributed by atoms with Crippen LogP contribution in [-0.2, 0) is 16.2 Å². The summed E-state index contributed by atoms with van der Waals surface area (Å²) < 4.78 is 2.85. The predicted molar refractivity (Wildman–Crippen MR) is 312 cm³/mol. The zero-order valence-corrected chi connectivity index (χ0v) is 44.3. The molecule has 6 heteroatoms. The summed E-state index contributed by atoms with van der Waals surface area (Å²) in [5, 5.41) is 1.30. The molecular weight excluding hydrogens is 922 g/mol. The van der Waals surface area contributed by atoms with Crippen molar-refractivity contribution in [3.8, 4) is 33.4 Å². The molecule has 0 fully saturated rings. The van der Waals surface area contributed by atoms with Crippen molar-refractivity contribution >= 4 is 86.3 Å². The Morgan fingerprint density at radius 2 is 1.07 bits per heavy atom. The van der Waals surface area contributed by atoms with Gasteiger partial charge in [0.25, 0.3) is 0 Å². The molecule has 10 aromatic rings. The fraction of sp³-hybridized carbons (Fsp3) is 0.164. The van der Waals surface area contributed by atoms with Crippen molar-refractivity contribution in [3.05, 3.63) is 217 Å². The van der Waals surface area contributed by atoms with E-state index in [1.54, 1.807) is 0 Å². The zero-order chi connectivity index (χ0) is 49.7. The number of hydrogen-bond acceptors (Lipinski definition) is 4. The molecule has 1 aliphatic carbocycles. The Morgan fingerprint density at radius 3 is 1.73 bits per heavy atom. The van der Waals surface area contributed by atoms with E-state index < -0.39 is 0 Å². The summed E-state index contributed by atoms with van der Waals surface area (Å²) >= 11 is 3.83. The topological polar surface area (TPSA) is 11.4 Å². The number of hydrogen-bond donors (Lipinski definition) is 0. The average molecular weight is 978 g/mol. The average Bonchev–Trinajstić information content (AvgIpc) is 3.87. The molecule has 0 spiro atoms. The maximum atomic E-state index is 2.85. The molecule has 0 radical (unpaired) electrons. The molecule has 0 atom stereocenters. The summed E-state index contributed by atoms with van der Waals surface area (Å²) in [4.78, 5) is 10.4. The van der Waals surface area contributed by atoms with Gasteiger partial charge in [-0.2, -0.15) is 0 Å². The standard InChI is InChI=1S/C67H56BN3S2/c1-65(2,3)42-32-34-52(48(36-42)41-22-12-9-13-23-41)70-54-40-59-58(72-56-30-20-21-31-57(56)73-59)39-51(54)68-62-49(37-43(38-55(62)70)66(4,5)6)46-33-35-53(69(44-24-14-10-15-25-44)45-26-16-11-17-27-45)61-60-47-28-18-19-29-50(47)67(7,8)64(60)71(68)63(46)61/h9-40H,1-8H3. The van der Waals surface area contributed by atoms with Gasteiger partial charge in [-0.15, -0.1) is 0 Å². The van der Waals surface area contributed by atoms with Gasteiger partial charge < -0.3 is 14.3 Å². The van der Waals surface area contributed by atoms with Gasteiger partial charge in [0, 0.05) is 81.0 Å². The summed E-state index contributed by atoms with van der Waals surface area (Å²) in [7, 11) is 0. The van der Waals surface area contributed by atoms with Crippen molar-refractivity contribution in [2.45, 2.75) is 91.2 Å². The molecule has 0 amide bonds. The van der Waals surface area contributed by atoms with E-state index in [0.717, 1.165) is 11.4 Å². The maximum absolute atomic E-state index is 2.85. The lowest BCUT2D eigenvalue weighted by molar-refractivity contribution is 0.590. The van der Waals surface area contributed by atoms with Crippen LogP contribution in [0.15, 0.2) is 214 Å². The van der Waals surface area contributed by atoms with Crippen molar-refractivity contribution in [3.63, 3.8) is 0 Å². The van der Waals surface area contributed by atoms with Crippen molar-refractivity contribution in [1.29, 1.82) is 0 Å². The summed E-state index contributed by atoms with van der Waals surface area (Å²) in [6.07, 6.45) is 0. The number of para-hydroxylation sites is 2. The quantitative estimate of drug-likeness (QED) is 0.159. The van der Waals surface area contributed by atoms with Crippen LogP contribution in [0, 0.1) is 0 Å². The molecule has 4 aliphatic rings. The number of nitrogens with zero attached hydrogens (tertiary/aromatic N) is 3. The molecule has 0 bridgehead atoms. The minimum Gasteiger partial charge on any atom is -0.378 e. The number of benzene rings is 9. The second kappa shape index (κ2) is 15.9. The molecule has 1 aromatic heterocycles. The Hall–Kier alpha value is -7.12. The normalized spacial score (nSPS) is 14.5. The predicted octanol–water partition coefficient (Wildman–Crippen LogP) is 17.7. The van der Waals surface area contributed by atoms with E-state index in [-0.39, 0.29) is 23.1 Å². The highest BCUT2D eigenvalue weighted by Crippen LogP contribution is 2.60. The van der Waals surface area contributed by atoms with E-state index in [2.05, 4.69) is 264 Å².